The van der Waals surface area contributed by atoms with Crippen molar-refractivity contribution in [2.45, 2.75) is 54.4 Å². The highest BCUT2D eigenvalue weighted by Crippen LogP contribution is 2.35. The smallest absolute Gasteiger partial charge is 0.341 e. The van der Waals surface area contributed by atoms with Crippen molar-refractivity contribution in [3.63, 3.8) is 0 Å². The molecule has 0 spiro atoms. The molecule has 0 aliphatic carbocycles. The molecule has 2 amide bonds. The van der Waals surface area contributed by atoms with Crippen molar-refractivity contribution >= 4 is 56.4 Å². The molecule has 202 valence electrons. The Morgan fingerprint density at radius 1 is 0.658 bits per heavy atom. The maximum atomic E-state index is 13.0. The van der Waals surface area contributed by atoms with Crippen LogP contribution in [0, 0.1) is 13.8 Å². The average Bonchev–Trinajstić information content (AvgIpc) is 3.38. The first-order valence-corrected chi connectivity index (χ1v) is 14.1. The fraction of sp³-hybridized carbons (Fsp3) is 0.357. The first-order valence-electron chi connectivity index (χ1n) is 12.5. The van der Waals surface area contributed by atoms with Crippen LogP contribution in [0.2, 0.25) is 0 Å². The number of rotatable bonds is 10. The lowest BCUT2D eigenvalue weighted by molar-refractivity contribution is 0.0517. The van der Waals surface area contributed by atoms with Gasteiger partial charge in [0.25, 0.3) is 11.8 Å². The number of ether oxygens (including phenoxy) is 2. The Morgan fingerprint density at radius 3 is 1.29 bits per heavy atom. The molecule has 0 atom stereocenters. The predicted molar refractivity (Wildman–Crippen MR) is 151 cm³/mol. The van der Waals surface area contributed by atoms with Gasteiger partial charge in [0.05, 0.1) is 24.3 Å². The second-order valence-electron chi connectivity index (χ2n) is 8.32. The summed E-state index contributed by atoms with van der Waals surface area (Å²) in [5.41, 5.74) is 3.13. The molecular formula is C28H32N2O6S2. The number of benzene rings is 1. The van der Waals surface area contributed by atoms with Gasteiger partial charge in [-0.3, -0.25) is 9.59 Å². The van der Waals surface area contributed by atoms with Crippen molar-refractivity contribution in [1.82, 2.24) is 0 Å². The van der Waals surface area contributed by atoms with E-state index in [0.29, 0.717) is 45.1 Å². The zero-order chi connectivity index (χ0) is 28.0. The Labute approximate surface area is 230 Å². The van der Waals surface area contributed by atoms with E-state index < -0.39 is 23.8 Å². The molecular weight excluding hydrogens is 524 g/mol. The number of hydrogen-bond acceptors (Lipinski definition) is 8. The molecule has 2 N–H and O–H groups in total. The number of thiophene rings is 2. The third kappa shape index (κ3) is 6.14. The minimum absolute atomic E-state index is 0.236. The Morgan fingerprint density at radius 2 is 1.00 bits per heavy atom. The van der Waals surface area contributed by atoms with Gasteiger partial charge in [0.15, 0.2) is 0 Å². The quantitative estimate of drug-likeness (QED) is 0.279. The zero-order valence-corrected chi connectivity index (χ0v) is 24.0. The van der Waals surface area contributed by atoms with Crippen LogP contribution in [-0.2, 0) is 22.3 Å². The summed E-state index contributed by atoms with van der Waals surface area (Å²) >= 11 is 2.66. The molecule has 10 heteroatoms. The zero-order valence-electron chi connectivity index (χ0n) is 22.4. The van der Waals surface area contributed by atoms with Crippen molar-refractivity contribution in [1.29, 1.82) is 0 Å². The summed E-state index contributed by atoms with van der Waals surface area (Å²) in [6.07, 6.45) is 1.27. The lowest BCUT2D eigenvalue weighted by atomic mass is 10.1. The summed E-state index contributed by atoms with van der Waals surface area (Å²) in [5.74, 6) is -1.74. The maximum absolute atomic E-state index is 13.0. The van der Waals surface area contributed by atoms with Gasteiger partial charge in [-0.15, -0.1) is 22.7 Å². The van der Waals surface area contributed by atoms with Crippen LogP contribution in [0.25, 0.3) is 0 Å². The fourth-order valence-corrected chi connectivity index (χ4v) is 6.40. The Kier molecular flexibility index (Phi) is 9.82. The van der Waals surface area contributed by atoms with E-state index in [1.54, 1.807) is 38.1 Å². The van der Waals surface area contributed by atoms with Crippen molar-refractivity contribution in [3.05, 3.63) is 67.4 Å². The van der Waals surface area contributed by atoms with Gasteiger partial charge in [0.1, 0.15) is 10.0 Å². The summed E-state index contributed by atoms with van der Waals surface area (Å²) < 4.78 is 10.4. The van der Waals surface area contributed by atoms with Crippen molar-refractivity contribution in [3.8, 4) is 0 Å². The predicted octanol–water partition coefficient (Wildman–Crippen LogP) is 6.41. The van der Waals surface area contributed by atoms with E-state index in [4.69, 9.17) is 9.47 Å². The fourth-order valence-electron chi connectivity index (χ4n) is 4.15. The molecule has 1 aromatic carbocycles. The minimum atomic E-state index is -0.465. The summed E-state index contributed by atoms with van der Waals surface area (Å²) in [4.78, 5) is 52.9. The van der Waals surface area contributed by atoms with Crippen LogP contribution in [-0.4, -0.2) is 37.0 Å². The molecule has 0 saturated heterocycles. The lowest BCUT2D eigenvalue weighted by Gasteiger charge is -2.09. The molecule has 8 nitrogen and oxygen atoms in total. The van der Waals surface area contributed by atoms with Crippen molar-refractivity contribution in [2.75, 3.05) is 23.8 Å². The monoisotopic (exact) mass is 556 g/mol. The van der Waals surface area contributed by atoms with Crippen molar-refractivity contribution < 1.29 is 28.7 Å². The van der Waals surface area contributed by atoms with Gasteiger partial charge in [-0.1, -0.05) is 13.8 Å². The number of esters is 2. The molecule has 0 aliphatic heterocycles. The number of hydrogen-bond donors (Lipinski definition) is 2. The largest absolute Gasteiger partial charge is 0.462 e. The highest BCUT2D eigenvalue weighted by Gasteiger charge is 2.25. The van der Waals surface area contributed by atoms with Crippen LogP contribution in [0.1, 0.15) is 90.0 Å². The topological polar surface area (TPSA) is 111 Å². The molecule has 0 bridgehead atoms. The standard InChI is InChI=1S/C28H32N2O6S2/c1-7-19-15(5)37-25(21(19)27(33)35-9-3)29-23(31)17-11-13-18(14-12-17)24(32)30-26-22(28(34)36-10-4)20(8-2)16(6)38-26/h11-14H,7-10H2,1-6H3,(H,29,31)(H,30,32). The molecule has 2 heterocycles. The highest BCUT2D eigenvalue weighted by atomic mass is 32.1. The second-order valence-corrected chi connectivity index (χ2v) is 10.8. The molecule has 0 radical (unpaired) electrons. The number of nitrogens with one attached hydrogen (secondary N) is 2. The maximum Gasteiger partial charge on any atom is 0.341 e. The molecule has 0 aliphatic rings. The first kappa shape index (κ1) is 29.1. The normalized spacial score (nSPS) is 10.7. The van der Waals surface area contributed by atoms with Gasteiger partial charge < -0.3 is 20.1 Å². The second kappa shape index (κ2) is 12.8. The van der Waals surface area contributed by atoms with Crippen LogP contribution in [0.5, 0.6) is 0 Å². The minimum Gasteiger partial charge on any atom is -0.462 e. The third-order valence-electron chi connectivity index (χ3n) is 5.95. The van der Waals surface area contributed by atoms with Gasteiger partial charge in [0, 0.05) is 20.9 Å². The summed E-state index contributed by atoms with van der Waals surface area (Å²) in [7, 11) is 0. The van der Waals surface area contributed by atoms with Crippen molar-refractivity contribution in [2.24, 2.45) is 0 Å². The lowest BCUT2D eigenvalue weighted by Crippen LogP contribution is -2.17. The number of carbonyl (C=O) groups is 4. The van der Waals surface area contributed by atoms with E-state index in [1.807, 2.05) is 27.7 Å². The molecule has 0 unspecified atom stereocenters. The molecule has 38 heavy (non-hydrogen) atoms. The van der Waals surface area contributed by atoms with E-state index in [1.165, 1.54) is 22.7 Å². The number of amides is 2. The Hall–Kier alpha value is -3.50. The molecule has 3 aromatic rings. The van der Waals surface area contributed by atoms with Crippen LogP contribution >= 0.6 is 22.7 Å². The molecule has 2 aromatic heterocycles. The average molecular weight is 557 g/mol. The van der Waals surface area contributed by atoms with Crippen LogP contribution in [0.3, 0.4) is 0 Å². The van der Waals surface area contributed by atoms with Crippen LogP contribution in [0.4, 0.5) is 10.0 Å². The highest BCUT2D eigenvalue weighted by molar-refractivity contribution is 7.17. The van der Waals surface area contributed by atoms with Crippen LogP contribution in [0.15, 0.2) is 24.3 Å². The number of carbonyl (C=O) groups excluding carboxylic acids is 4. The van der Waals surface area contributed by atoms with Crippen LogP contribution < -0.4 is 10.6 Å². The van der Waals surface area contributed by atoms with E-state index >= 15 is 0 Å². The van der Waals surface area contributed by atoms with E-state index in [9.17, 15) is 19.2 Å². The van der Waals surface area contributed by atoms with Gasteiger partial charge in [0.2, 0.25) is 0 Å². The third-order valence-corrected chi connectivity index (χ3v) is 8.07. The van der Waals surface area contributed by atoms with Gasteiger partial charge in [-0.25, -0.2) is 9.59 Å². The SMILES string of the molecule is CCOC(=O)c1c(NC(=O)c2ccc(C(=O)Nc3sc(C)c(CC)c3C(=O)OCC)cc2)sc(C)c1CC. The van der Waals surface area contributed by atoms with E-state index in [0.717, 1.165) is 20.9 Å². The van der Waals surface area contributed by atoms with Gasteiger partial charge in [-0.2, -0.15) is 0 Å². The summed E-state index contributed by atoms with van der Waals surface area (Å²) in [5, 5.41) is 6.53. The molecule has 3 rings (SSSR count). The summed E-state index contributed by atoms with van der Waals surface area (Å²) in [6, 6.07) is 6.16. The van der Waals surface area contributed by atoms with Gasteiger partial charge in [-0.05, 0) is 75.9 Å². The molecule has 0 fully saturated rings. The van der Waals surface area contributed by atoms with E-state index in [2.05, 4.69) is 10.6 Å². The number of anilines is 2. The first-order chi connectivity index (χ1) is 18.2. The summed E-state index contributed by atoms with van der Waals surface area (Å²) in [6.45, 7) is 11.6. The molecule has 0 saturated carbocycles. The Bertz CT molecular complexity index is 1250. The number of aryl methyl sites for hydroxylation is 2. The van der Waals surface area contributed by atoms with Gasteiger partial charge >= 0.3 is 11.9 Å². The van der Waals surface area contributed by atoms with E-state index in [-0.39, 0.29) is 13.2 Å². The Balaban J connectivity index is 1.79.